The topological polar surface area (TPSA) is 122 Å². The van der Waals surface area contributed by atoms with E-state index >= 15 is 0 Å². The van der Waals surface area contributed by atoms with Crippen molar-refractivity contribution in [2.75, 3.05) is 20.3 Å². The SMILES string of the molecule is COC(=O)COc1c(Cl)cc(/C=C2/NC(=O)N(CC(=O)O)C2=O)cc1Cl. The molecule has 0 aliphatic carbocycles. The molecule has 0 spiro atoms. The van der Waals surface area contributed by atoms with Gasteiger partial charge in [0.1, 0.15) is 12.2 Å². The van der Waals surface area contributed by atoms with E-state index in [0.717, 1.165) is 0 Å². The number of carbonyl (C=O) groups excluding carboxylic acids is 3. The third kappa shape index (κ3) is 4.44. The van der Waals surface area contributed by atoms with E-state index in [0.29, 0.717) is 10.5 Å². The highest BCUT2D eigenvalue weighted by atomic mass is 35.5. The van der Waals surface area contributed by atoms with Gasteiger partial charge in [0.2, 0.25) is 0 Å². The Kier molecular flexibility index (Phi) is 6.06. The number of nitrogens with zero attached hydrogens (tertiary/aromatic N) is 1. The van der Waals surface area contributed by atoms with Crippen LogP contribution in [0.1, 0.15) is 5.56 Å². The number of nitrogens with one attached hydrogen (secondary N) is 1. The number of carboxylic acid groups (broad SMARTS) is 1. The second kappa shape index (κ2) is 8.07. The monoisotopic (exact) mass is 402 g/mol. The van der Waals surface area contributed by atoms with Crippen LogP contribution in [0.4, 0.5) is 4.79 Å². The molecule has 26 heavy (non-hydrogen) atoms. The summed E-state index contributed by atoms with van der Waals surface area (Å²) in [5, 5.41) is 11.1. The lowest BCUT2D eigenvalue weighted by atomic mass is 10.1. The number of esters is 1. The highest BCUT2D eigenvalue weighted by Gasteiger charge is 2.34. The smallest absolute Gasteiger partial charge is 0.343 e. The second-order valence-electron chi connectivity index (χ2n) is 4.95. The lowest BCUT2D eigenvalue weighted by Crippen LogP contribution is -2.35. The van der Waals surface area contributed by atoms with E-state index in [1.165, 1.54) is 25.3 Å². The van der Waals surface area contributed by atoms with Crippen molar-refractivity contribution in [3.05, 3.63) is 33.4 Å². The lowest BCUT2D eigenvalue weighted by Gasteiger charge is -2.10. The molecule has 1 aliphatic rings. The molecule has 0 aromatic heterocycles. The number of aliphatic carboxylic acids is 1. The van der Waals surface area contributed by atoms with E-state index < -0.39 is 37.0 Å². The van der Waals surface area contributed by atoms with E-state index in [-0.39, 0.29) is 21.5 Å². The van der Waals surface area contributed by atoms with Crippen molar-refractivity contribution >= 4 is 53.2 Å². The minimum atomic E-state index is -1.33. The summed E-state index contributed by atoms with van der Waals surface area (Å²) in [4.78, 5) is 46.1. The molecule has 9 nitrogen and oxygen atoms in total. The fourth-order valence-corrected chi connectivity index (χ4v) is 2.62. The lowest BCUT2D eigenvalue weighted by molar-refractivity contribution is -0.143. The molecule has 2 N–H and O–H groups in total. The van der Waals surface area contributed by atoms with Crippen molar-refractivity contribution in [1.29, 1.82) is 0 Å². The molecular weight excluding hydrogens is 391 g/mol. The van der Waals surface area contributed by atoms with Crippen molar-refractivity contribution in [2.24, 2.45) is 0 Å². The van der Waals surface area contributed by atoms with Crippen molar-refractivity contribution in [1.82, 2.24) is 10.2 Å². The van der Waals surface area contributed by atoms with Gasteiger partial charge >= 0.3 is 18.0 Å². The van der Waals surface area contributed by atoms with Crippen LogP contribution in [0.3, 0.4) is 0 Å². The number of ether oxygens (including phenoxy) is 2. The van der Waals surface area contributed by atoms with Gasteiger partial charge in [-0.3, -0.25) is 9.59 Å². The van der Waals surface area contributed by atoms with Crippen LogP contribution in [0.25, 0.3) is 6.08 Å². The number of amides is 3. The molecule has 0 atom stereocenters. The van der Waals surface area contributed by atoms with Crippen LogP contribution < -0.4 is 10.1 Å². The number of benzene rings is 1. The van der Waals surface area contributed by atoms with Gasteiger partial charge in [-0.25, -0.2) is 14.5 Å². The number of imide groups is 1. The van der Waals surface area contributed by atoms with E-state index in [1.54, 1.807) is 0 Å². The van der Waals surface area contributed by atoms with Gasteiger partial charge in [-0.05, 0) is 23.8 Å². The first-order chi connectivity index (χ1) is 12.2. The minimum Gasteiger partial charge on any atom is -0.480 e. The van der Waals surface area contributed by atoms with Gasteiger partial charge in [0, 0.05) is 0 Å². The molecular formula is C15H12Cl2N2O7. The summed E-state index contributed by atoms with van der Waals surface area (Å²) < 4.78 is 9.61. The van der Waals surface area contributed by atoms with Crippen LogP contribution in [-0.2, 0) is 19.1 Å². The molecule has 138 valence electrons. The van der Waals surface area contributed by atoms with E-state index in [9.17, 15) is 19.2 Å². The molecule has 0 saturated carbocycles. The number of methoxy groups -OCH3 is 1. The average Bonchev–Trinajstić information content (AvgIpc) is 2.81. The van der Waals surface area contributed by atoms with E-state index in [4.69, 9.17) is 33.0 Å². The maximum absolute atomic E-state index is 12.1. The number of hydrogen-bond acceptors (Lipinski definition) is 6. The number of carboxylic acids is 1. The van der Waals surface area contributed by atoms with Crippen molar-refractivity contribution in [2.45, 2.75) is 0 Å². The van der Waals surface area contributed by atoms with Crippen LogP contribution >= 0.6 is 23.2 Å². The number of halogens is 2. The van der Waals surface area contributed by atoms with Gasteiger partial charge in [0.15, 0.2) is 12.4 Å². The summed E-state index contributed by atoms with van der Waals surface area (Å²) in [5.41, 5.74) is 0.220. The molecule has 0 bridgehead atoms. The van der Waals surface area contributed by atoms with Crippen LogP contribution in [0, 0.1) is 0 Å². The Morgan fingerprint density at radius 2 is 1.88 bits per heavy atom. The zero-order chi connectivity index (χ0) is 19.4. The Labute approximate surface area is 157 Å². The molecule has 11 heteroatoms. The fourth-order valence-electron chi connectivity index (χ4n) is 2.01. The summed E-state index contributed by atoms with van der Waals surface area (Å²) in [6, 6.07) is 1.94. The predicted octanol–water partition coefficient (Wildman–Crippen LogP) is 1.52. The maximum Gasteiger partial charge on any atom is 0.343 e. The zero-order valence-corrected chi connectivity index (χ0v) is 14.8. The van der Waals surface area contributed by atoms with Gasteiger partial charge in [-0.15, -0.1) is 0 Å². The zero-order valence-electron chi connectivity index (χ0n) is 13.2. The molecule has 1 aromatic rings. The van der Waals surface area contributed by atoms with Crippen molar-refractivity contribution in [3.8, 4) is 5.75 Å². The third-order valence-electron chi connectivity index (χ3n) is 3.15. The number of hydrogen-bond donors (Lipinski definition) is 2. The van der Waals surface area contributed by atoms with E-state index in [2.05, 4.69) is 10.1 Å². The van der Waals surface area contributed by atoms with Gasteiger partial charge in [-0.1, -0.05) is 23.2 Å². The van der Waals surface area contributed by atoms with Crippen molar-refractivity contribution < 1.29 is 33.8 Å². The number of urea groups is 1. The fraction of sp³-hybridized carbons (Fsp3) is 0.200. The van der Waals surface area contributed by atoms with Gasteiger partial charge in [0.05, 0.1) is 17.2 Å². The number of rotatable bonds is 6. The molecule has 1 aliphatic heterocycles. The van der Waals surface area contributed by atoms with Crippen molar-refractivity contribution in [3.63, 3.8) is 0 Å². The summed E-state index contributed by atoms with van der Waals surface area (Å²) in [5.74, 6) is -2.69. The van der Waals surface area contributed by atoms with Crippen LogP contribution in [0.2, 0.25) is 10.0 Å². The first-order valence-electron chi connectivity index (χ1n) is 6.98. The van der Waals surface area contributed by atoms with Gasteiger partial charge < -0.3 is 19.9 Å². The third-order valence-corrected chi connectivity index (χ3v) is 3.71. The molecule has 1 saturated heterocycles. The Hall–Kier alpha value is -2.78. The second-order valence-corrected chi connectivity index (χ2v) is 5.77. The van der Waals surface area contributed by atoms with Gasteiger partial charge in [-0.2, -0.15) is 0 Å². The molecule has 0 unspecified atom stereocenters. The predicted molar refractivity (Wildman–Crippen MR) is 89.8 cm³/mol. The molecule has 1 heterocycles. The molecule has 3 amide bonds. The summed E-state index contributed by atoms with van der Waals surface area (Å²) >= 11 is 12.1. The quantitative estimate of drug-likeness (QED) is 0.420. The minimum absolute atomic E-state index is 0.0511. The Bertz CT molecular complexity index is 799. The first-order valence-corrected chi connectivity index (χ1v) is 7.73. The van der Waals surface area contributed by atoms with E-state index in [1.807, 2.05) is 0 Å². The largest absolute Gasteiger partial charge is 0.480 e. The maximum atomic E-state index is 12.1. The van der Waals surface area contributed by atoms with Crippen LogP contribution in [-0.4, -0.2) is 54.1 Å². The summed E-state index contributed by atoms with van der Waals surface area (Å²) in [6.45, 7) is -1.15. The highest BCUT2D eigenvalue weighted by molar-refractivity contribution is 6.37. The molecule has 1 aromatic carbocycles. The number of carbonyl (C=O) groups is 4. The van der Waals surface area contributed by atoms with Gasteiger partial charge in [0.25, 0.3) is 5.91 Å². The van der Waals surface area contributed by atoms with Crippen LogP contribution in [0.15, 0.2) is 17.8 Å². The Balaban J connectivity index is 2.23. The highest BCUT2D eigenvalue weighted by Crippen LogP contribution is 2.35. The summed E-state index contributed by atoms with van der Waals surface area (Å²) in [7, 11) is 1.20. The Morgan fingerprint density at radius 1 is 1.27 bits per heavy atom. The molecule has 2 rings (SSSR count). The Morgan fingerprint density at radius 3 is 2.42 bits per heavy atom. The standard InChI is InChI=1S/C15H12Cl2N2O7/c1-25-12(22)6-26-13-8(16)2-7(3-9(13)17)4-10-14(23)19(5-11(20)21)15(24)18-10/h2-4H,5-6H2,1H3,(H,18,24)(H,20,21)/b10-4+. The first kappa shape index (κ1) is 19.5. The van der Waals surface area contributed by atoms with Crippen LogP contribution in [0.5, 0.6) is 5.75 Å². The average molecular weight is 403 g/mol. The normalized spacial score (nSPS) is 15.2. The molecule has 1 fully saturated rings. The molecule has 0 radical (unpaired) electrons. The summed E-state index contributed by atoms with van der Waals surface area (Å²) in [6.07, 6.45) is 1.28.